The fraction of sp³-hybridized carbons (Fsp3) is 0.500. The van der Waals surface area contributed by atoms with E-state index >= 15 is 0 Å². The highest BCUT2D eigenvalue weighted by Crippen LogP contribution is 2.13. The van der Waals surface area contributed by atoms with Crippen LogP contribution in [0.15, 0.2) is 24.3 Å². The van der Waals surface area contributed by atoms with E-state index in [4.69, 9.17) is 15.2 Å². The maximum absolute atomic E-state index is 11.6. The molecule has 0 fully saturated rings. The molecule has 0 heterocycles. The summed E-state index contributed by atoms with van der Waals surface area (Å²) in [5.74, 6) is -0.230. The van der Waals surface area contributed by atoms with Gasteiger partial charge >= 0.3 is 5.97 Å². The van der Waals surface area contributed by atoms with Crippen LogP contribution in [-0.4, -0.2) is 25.3 Å². The van der Waals surface area contributed by atoms with Gasteiger partial charge in [0.15, 0.2) is 0 Å². The van der Waals surface area contributed by atoms with E-state index in [9.17, 15) is 4.79 Å². The number of esters is 1. The number of carbonyl (C=O) groups excluding carboxylic acids is 1. The number of ether oxygens (including phenoxy) is 2. The van der Waals surface area contributed by atoms with E-state index < -0.39 is 0 Å². The van der Waals surface area contributed by atoms with Crippen LogP contribution < -0.4 is 5.73 Å². The zero-order valence-electron chi connectivity index (χ0n) is 11.2. The summed E-state index contributed by atoms with van der Waals surface area (Å²) in [7, 11) is 1.65. The van der Waals surface area contributed by atoms with Gasteiger partial charge in [-0.2, -0.15) is 0 Å². The van der Waals surface area contributed by atoms with Crippen LogP contribution in [0.25, 0.3) is 0 Å². The lowest BCUT2D eigenvalue weighted by Crippen LogP contribution is -2.25. The second-order valence-corrected chi connectivity index (χ2v) is 4.85. The summed E-state index contributed by atoms with van der Waals surface area (Å²) in [6.07, 6.45) is 0.949. The third kappa shape index (κ3) is 5.19. The number of rotatable bonds is 6. The van der Waals surface area contributed by atoms with Gasteiger partial charge in [0.05, 0.1) is 18.6 Å². The molecule has 1 aromatic rings. The lowest BCUT2D eigenvalue weighted by molar-refractivity contribution is -0.144. The molecule has 0 aliphatic rings. The molecule has 0 aliphatic carbocycles. The normalized spacial score (nSPS) is 11.3. The van der Waals surface area contributed by atoms with E-state index in [-0.39, 0.29) is 18.0 Å². The summed E-state index contributed by atoms with van der Waals surface area (Å²) in [6, 6.07) is 7.21. The fourth-order valence-electron chi connectivity index (χ4n) is 1.37. The SMILES string of the molecule is COC(C)(C)CCOC(=O)Cc1ccc(N)cc1. The number of hydrogen-bond donors (Lipinski definition) is 1. The molecule has 0 saturated heterocycles. The molecule has 0 atom stereocenters. The molecular formula is C14H21NO3. The number of benzene rings is 1. The van der Waals surface area contributed by atoms with Gasteiger partial charge in [0, 0.05) is 19.2 Å². The van der Waals surface area contributed by atoms with Crippen LogP contribution >= 0.6 is 0 Å². The smallest absolute Gasteiger partial charge is 0.310 e. The van der Waals surface area contributed by atoms with E-state index in [1.807, 2.05) is 26.0 Å². The minimum atomic E-state index is -0.262. The lowest BCUT2D eigenvalue weighted by Gasteiger charge is -2.22. The van der Waals surface area contributed by atoms with E-state index in [0.717, 1.165) is 5.56 Å². The zero-order chi connectivity index (χ0) is 13.6. The summed E-state index contributed by atoms with van der Waals surface area (Å²) < 4.78 is 10.4. The van der Waals surface area contributed by atoms with Crippen molar-refractivity contribution in [2.24, 2.45) is 0 Å². The van der Waals surface area contributed by atoms with Gasteiger partial charge in [-0.1, -0.05) is 12.1 Å². The minimum Gasteiger partial charge on any atom is -0.465 e. The zero-order valence-corrected chi connectivity index (χ0v) is 11.2. The Labute approximate surface area is 108 Å². The average molecular weight is 251 g/mol. The average Bonchev–Trinajstić information content (AvgIpc) is 2.32. The molecule has 4 heteroatoms. The second-order valence-electron chi connectivity index (χ2n) is 4.85. The molecule has 18 heavy (non-hydrogen) atoms. The van der Waals surface area contributed by atoms with Crippen LogP contribution in [0.5, 0.6) is 0 Å². The van der Waals surface area contributed by atoms with Crippen LogP contribution in [0.1, 0.15) is 25.8 Å². The Balaban J connectivity index is 2.32. The monoisotopic (exact) mass is 251 g/mol. The van der Waals surface area contributed by atoms with Crippen molar-refractivity contribution in [2.45, 2.75) is 32.3 Å². The quantitative estimate of drug-likeness (QED) is 0.621. The molecule has 0 unspecified atom stereocenters. The van der Waals surface area contributed by atoms with E-state index in [0.29, 0.717) is 18.7 Å². The van der Waals surface area contributed by atoms with E-state index in [2.05, 4.69) is 0 Å². The van der Waals surface area contributed by atoms with Crippen molar-refractivity contribution in [3.8, 4) is 0 Å². The first-order valence-electron chi connectivity index (χ1n) is 5.98. The van der Waals surface area contributed by atoms with Crippen LogP contribution in [0.4, 0.5) is 5.69 Å². The topological polar surface area (TPSA) is 61.5 Å². The van der Waals surface area contributed by atoms with Gasteiger partial charge in [-0.25, -0.2) is 0 Å². The minimum absolute atomic E-state index is 0.230. The number of methoxy groups -OCH3 is 1. The van der Waals surface area contributed by atoms with Crippen molar-refractivity contribution < 1.29 is 14.3 Å². The molecule has 0 radical (unpaired) electrons. The highest BCUT2D eigenvalue weighted by molar-refractivity contribution is 5.72. The van der Waals surface area contributed by atoms with Crippen molar-refractivity contribution in [2.75, 3.05) is 19.5 Å². The highest BCUT2D eigenvalue weighted by atomic mass is 16.5. The van der Waals surface area contributed by atoms with Crippen LogP contribution in [0.2, 0.25) is 0 Å². The first-order chi connectivity index (χ1) is 8.43. The molecule has 0 saturated carbocycles. The summed E-state index contributed by atoms with van der Waals surface area (Å²) in [6.45, 7) is 4.29. The van der Waals surface area contributed by atoms with Gasteiger partial charge in [0.1, 0.15) is 0 Å². The standard InChI is InChI=1S/C14H21NO3/c1-14(2,17-3)8-9-18-13(16)10-11-4-6-12(15)7-5-11/h4-7H,8-10,15H2,1-3H3. The van der Waals surface area contributed by atoms with Crippen molar-refractivity contribution in [3.05, 3.63) is 29.8 Å². The molecular weight excluding hydrogens is 230 g/mol. The molecule has 0 amide bonds. The predicted octanol–water partition coefficient (Wildman–Crippen LogP) is 2.17. The van der Waals surface area contributed by atoms with Crippen molar-refractivity contribution in [1.82, 2.24) is 0 Å². The molecule has 0 aliphatic heterocycles. The van der Waals surface area contributed by atoms with Crippen molar-refractivity contribution in [3.63, 3.8) is 0 Å². The van der Waals surface area contributed by atoms with Gasteiger partial charge in [0.25, 0.3) is 0 Å². The highest BCUT2D eigenvalue weighted by Gasteiger charge is 2.16. The first kappa shape index (κ1) is 14.5. The van der Waals surface area contributed by atoms with Crippen LogP contribution in [0, 0.1) is 0 Å². The Morgan fingerprint density at radius 2 is 1.89 bits per heavy atom. The van der Waals surface area contributed by atoms with Gasteiger partial charge in [-0.3, -0.25) is 4.79 Å². The maximum atomic E-state index is 11.6. The maximum Gasteiger partial charge on any atom is 0.310 e. The third-order valence-electron chi connectivity index (χ3n) is 2.85. The Morgan fingerprint density at radius 3 is 2.44 bits per heavy atom. The molecule has 1 aromatic carbocycles. The first-order valence-corrected chi connectivity index (χ1v) is 5.98. The van der Waals surface area contributed by atoms with E-state index in [1.165, 1.54) is 0 Å². The number of nitrogen functional groups attached to an aromatic ring is 1. The molecule has 0 aromatic heterocycles. The number of anilines is 1. The summed E-state index contributed by atoms with van der Waals surface area (Å²) >= 11 is 0. The van der Waals surface area contributed by atoms with Gasteiger partial charge in [-0.05, 0) is 31.5 Å². The predicted molar refractivity (Wildman–Crippen MR) is 71.2 cm³/mol. The fourth-order valence-corrected chi connectivity index (χ4v) is 1.37. The third-order valence-corrected chi connectivity index (χ3v) is 2.85. The lowest BCUT2D eigenvalue weighted by atomic mass is 10.1. The molecule has 1 rings (SSSR count). The molecule has 0 bridgehead atoms. The van der Waals surface area contributed by atoms with Gasteiger partial charge < -0.3 is 15.2 Å². The van der Waals surface area contributed by atoms with Gasteiger partial charge in [-0.15, -0.1) is 0 Å². The van der Waals surface area contributed by atoms with Crippen LogP contribution in [0.3, 0.4) is 0 Å². The van der Waals surface area contributed by atoms with Crippen molar-refractivity contribution >= 4 is 11.7 Å². The molecule has 4 nitrogen and oxygen atoms in total. The summed E-state index contributed by atoms with van der Waals surface area (Å²) in [5.41, 5.74) is 6.90. The molecule has 100 valence electrons. The second kappa shape index (κ2) is 6.40. The molecule has 2 N–H and O–H groups in total. The van der Waals surface area contributed by atoms with Crippen LogP contribution in [-0.2, 0) is 20.7 Å². The Morgan fingerprint density at radius 1 is 1.28 bits per heavy atom. The number of carbonyl (C=O) groups is 1. The number of nitrogens with two attached hydrogens (primary N) is 1. The largest absolute Gasteiger partial charge is 0.465 e. The Kier molecular flexibility index (Phi) is 5.16. The van der Waals surface area contributed by atoms with E-state index in [1.54, 1.807) is 19.2 Å². The Bertz CT molecular complexity index is 385. The molecule has 0 spiro atoms. The summed E-state index contributed by atoms with van der Waals surface area (Å²) in [4.78, 5) is 11.6. The Hall–Kier alpha value is -1.55. The summed E-state index contributed by atoms with van der Waals surface area (Å²) in [5, 5.41) is 0. The van der Waals surface area contributed by atoms with Gasteiger partial charge in [0.2, 0.25) is 0 Å². The van der Waals surface area contributed by atoms with Crippen molar-refractivity contribution in [1.29, 1.82) is 0 Å². The number of hydrogen-bond acceptors (Lipinski definition) is 4.